The number of hydrogen-bond donors (Lipinski definition) is 12. The molecule has 19 heteroatoms. The second-order valence-corrected chi connectivity index (χ2v) is 12.6. The molecule has 2 aromatic carbocycles. The highest BCUT2D eigenvalue weighted by molar-refractivity contribution is 6.43. The van der Waals surface area contributed by atoms with Crippen molar-refractivity contribution < 1.29 is 43.9 Å². The Morgan fingerprint density at radius 1 is 0.736 bits per heavy atom. The first kappa shape index (κ1) is 44.2. The Morgan fingerprint density at radius 3 is 1.85 bits per heavy atom. The summed E-state index contributed by atoms with van der Waals surface area (Å²) in [6, 6.07) is 8.90. The number of aliphatic hydroxyl groups excluding tert-OH is 1. The molecule has 0 saturated heterocycles. The van der Waals surface area contributed by atoms with E-state index in [1.807, 2.05) is 17.4 Å². The lowest BCUT2D eigenvalue weighted by Gasteiger charge is -2.26. The largest absolute Gasteiger partial charge is 0.490 e. The lowest BCUT2D eigenvalue weighted by molar-refractivity contribution is -0.136. The number of aryl methyl sites for hydroxylation is 1. The van der Waals surface area contributed by atoms with Crippen molar-refractivity contribution in [2.24, 2.45) is 22.9 Å². The van der Waals surface area contributed by atoms with Gasteiger partial charge in [0, 0.05) is 5.56 Å². The van der Waals surface area contributed by atoms with Crippen molar-refractivity contribution in [1.29, 1.82) is 0 Å². The molecule has 2 unspecified atom stereocenters. The van der Waals surface area contributed by atoms with Crippen molar-refractivity contribution in [3.63, 3.8) is 0 Å². The third kappa shape index (κ3) is 14.9. The fourth-order valence-electron chi connectivity index (χ4n) is 5.04. The molecule has 290 valence electrons. The minimum Gasteiger partial charge on any atom is -0.425 e. The van der Waals surface area contributed by atoms with E-state index in [1.54, 1.807) is 24.3 Å². The summed E-state index contributed by atoms with van der Waals surface area (Å²) in [7, 11) is -2.16. The molecule has 6 atom stereocenters. The van der Waals surface area contributed by atoms with Crippen LogP contribution in [0.25, 0.3) is 11.1 Å². The van der Waals surface area contributed by atoms with Gasteiger partial charge in [0.05, 0.1) is 12.5 Å². The summed E-state index contributed by atoms with van der Waals surface area (Å²) in [5.41, 5.74) is 25.3. The van der Waals surface area contributed by atoms with E-state index in [-0.39, 0.29) is 12.0 Å². The van der Waals surface area contributed by atoms with Gasteiger partial charge in [0.15, 0.2) is 6.17 Å². The molecule has 6 amide bonds. The maximum absolute atomic E-state index is 13.4. The van der Waals surface area contributed by atoms with Gasteiger partial charge in [0.1, 0.15) is 24.2 Å². The number of hydrogen-bond acceptors (Lipinski definition) is 12. The van der Waals surface area contributed by atoms with Crippen LogP contribution in [-0.2, 0) is 30.4 Å². The molecule has 2 aromatic rings. The van der Waals surface area contributed by atoms with Gasteiger partial charge >= 0.3 is 7.12 Å². The highest BCUT2D eigenvalue weighted by Crippen LogP contribution is 2.21. The molecule has 0 aliphatic carbocycles. The zero-order valence-electron chi connectivity index (χ0n) is 29.9. The van der Waals surface area contributed by atoms with Crippen LogP contribution in [0.5, 0.6) is 0 Å². The van der Waals surface area contributed by atoms with Gasteiger partial charge in [0.2, 0.25) is 23.6 Å². The molecular formula is C34H52BN9O9. The first-order chi connectivity index (χ1) is 25.1. The van der Waals surface area contributed by atoms with Crippen molar-refractivity contribution in [2.75, 3.05) is 6.54 Å². The summed E-state index contributed by atoms with van der Waals surface area (Å²) in [6.07, 6.45) is 0.221. The number of nitrogens with two attached hydrogens (primary N) is 4. The Bertz CT molecular complexity index is 1530. The molecule has 0 fully saturated rings. The van der Waals surface area contributed by atoms with E-state index in [2.05, 4.69) is 40.3 Å². The lowest BCUT2D eigenvalue weighted by atomic mass is 9.86. The molecule has 0 heterocycles. The molecule has 0 spiro atoms. The fraction of sp³-hybridized carbons (Fsp3) is 0.471. The molecule has 0 aromatic heterocycles. The van der Waals surface area contributed by atoms with Gasteiger partial charge in [-0.15, -0.1) is 0 Å². The molecule has 0 aliphatic rings. The summed E-state index contributed by atoms with van der Waals surface area (Å²) in [5.74, 6) is -5.79. The number of rotatable bonds is 22. The molecular weight excluding hydrogens is 689 g/mol. The number of amides is 6. The minimum atomic E-state index is -2.16. The second kappa shape index (κ2) is 22.2. The Labute approximate surface area is 308 Å². The Balaban J connectivity index is 2.12. The van der Waals surface area contributed by atoms with E-state index < -0.39 is 85.4 Å². The second-order valence-electron chi connectivity index (χ2n) is 12.6. The highest BCUT2D eigenvalue weighted by atomic mass is 16.4. The molecule has 18 nitrogen and oxygen atoms in total. The van der Waals surface area contributed by atoms with Crippen molar-refractivity contribution in [2.45, 2.75) is 95.3 Å². The lowest BCUT2D eigenvalue weighted by Crippen LogP contribution is -2.63. The maximum Gasteiger partial charge on any atom is 0.490 e. The number of aliphatic hydroxyl groups is 1. The Hall–Kier alpha value is -4.92. The quantitative estimate of drug-likeness (QED) is 0.0326. The standard InChI is InChI=1S/C34H52BN9O9/c1-3-4-7-20-9-11-21(12-10-20)22-13-15-23(16-14-22)29(47)40-24(8-5-6-17-36)30(48)42-27(19(2)45)32(50)43-28(38)33(51)41-25(18-26(37)46)31(49)44-34(39)35(52)53/h9-16,19,24-25,27-28,34,45,52-53H,3-8,17-18,36,38-39H2,1-2H3,(H2,37,46)(H,40,47)(H,41,51)(H,42,48)(H,43,50)(H,44,49)/t19?,24-,25?,27-,28+,34+/m0/s1. The van der Waals surface area contributed by atoms with Gasteiger partial charge in [-0.1, -0.05) is 49.7 Å². The smallest absolute Gasteiger partial charge is 0.425 e. The van der Waals surface area contributed by atoms with Crippen LogP contribution in [0.15, 0.2) is 48.5 Å². The van der Waals surface area contributed by atoms with E-state index in [4.69, 9.17) is 33.0 Å². The number of unbranched alkanes of at least 4 members (excludes halogenated alkanes) is 2. The normalized spacial score (nSPS) is 14.3. The van der Waals surface area contributed by atoms with Crippen molar-refractivity contribution in [3.05, 3.63) is 59.7 Å². The fourth-order valence-corrected chi connectivity index (χ4v) is 5.04. The van der Waals surface area contributed by atoms with Crippen LogP contribution in [-0.4, -0.2) is 101 Å². The molecule has 0 aliphatic heterocycles. The zero-order valence-corrected chi connectivity index (χ0v) is 29.9. The summed E-state index contributed by atoms with van der Waals surface area (Å²) in [4.78, 5) is 76.5. The number of nitrogens with one attached hydrogen (secondary N) is 5. The summed E-state index contributed by atoms with van der Waals surface area (Å²) < 4.78 is 0. The van der Waals surface area contributed by atoms with Gasteiger partial charge in [-0.3, -0.25) is 28.8 Å². The predicted molar refractivity (Wildman–Crippen MR) is 196 cm³/mol. The van der Waals surface area contributed by atoms with Crippen LogP contribution in [0.4, 0.5) is 0 Å². The zero-order chi connectivity index (χ0) is 39.7. The monoisotopic (exact) mass is 741 g/mol. The van der Waals surface area contributed by atoms with Gasteiger partial charge in [-0.05, 0) is 74.4 Å². The van der Waals surface area contributed by atoms with Gasteiger partial charge in [0.25, 0.3) is 11.8 Å². The Kier molecular flexibility index (Phi) is 18.6. The molecule has 2 rings (SSSR count). The minimum absolute atomic E-state index is 0.146. The average Bonchev–Trinajstić information content (AvgIpc) is 3.11. The highest BCUT2D eigenvalue weighted by Gasteiger charge is 2.33. The molecule has 0 bridgehead atoms. The van der Waals surface area contributed by atoms with E-state index in [1.165, 1.54) is 12.5 Å². The van der Waals surface area contributed by atoms with Gasteiger partial charge in [-0.25, -0.2) is 0 Å². The topological polar surface area (TPSA) is 327 Å². The maximum atomic E-state index is 13.4. The molecule has 0 saturated carbocycles. The van der Waals surface area contributed by atoms with Crippen molar-refractivity contribution in [3.8, 4) is 11.1 Å². The van der Waals surface area contributed by atoms with E-state index in [0.29, 0.717) is 19.4 Å². The van der Waals surface area contributed by atoms with E-state index in [0.717, 1.165) is 30.4 Å². The molecule has 16 N–H and O–H groups in total. The number of carbonyl (C=O) groups excluding carboxylic acids is 6. The van der Waals surface area contributed by atoms with E-state index >= 15 is 0 Å². The van der Waals surface area contributed by atoms with Crippen LogP contribution < -0.4 is 49.5 Å². The summed E-state index contributed by atoms with van der Waals surface area (Å²) in [5, 5.41) is 39.8. The number of benzene rings is 2. The third-order valence-corrected chi connectivity index (χ3v) is 8.13. The van der Waals surface area contributed by atoms with Crippen molar-refractivity contribution >= 4 is 42.6 Å². The van der Waals surface area contributed by atoms with Crippen LogP contribution in [0.2, 0.25) is 0 Å². The van der Waals surface area contributed by atoms with Crippen molar-refractivity contribution in [1.82, 2.24) is 26.6 Å². The molecule has 53 heavy (non-hydrogen) atoms. The SMILES string of the molecule is CCCCc1ccc(-c2ccc(C(=O)N[C@@H](CCCCN)C(=O)N[C@H](C(=O)N[C@@H](N)C(=O)NC(CC(N)=O)C(=O)N[C@@H](N)B(O)O)C(C)O)cc2)cc1. The first-order valence-corrected chi connectivity index (χ1v) is 17.3. The third-order valence-electron chi connectivity index (χ3n) is 8.13. The molecule has 0 radical (unpaired) electrons. The Morgan fingerprint density at radius 2 is 1.32 bits per heavy atom. The van der Waals surface area contributed by atoms with Crippen LogP contribution in [0, 0.1) is 0 Å². The summed E-state index contributed by atoms with van der Waals surface area (Å²) in [6.45, 7) is 3.67. The number of primary amides is 1. The number of carbonyl (C=O) groups is 6. The predicted octanol–water partition coefficient (Wildman–Crippen LogP) is -3.04. The van der Waals surface area contributed by atoms with E-state index in [9.17, 15) is 33.9 Å². The van der Waals surface area contributed by atoms with Crippen LogP contribution in [0.1, 0.15) is 68.3 Å². The van der Waals surface area contributed by atoms with Crippen LogP contribution >= 0.6 is 0 Å². The summed E-state index contributed by atoms with van der Waals surface area (Å²) >= 11 is 0. The first-order valence-electron chi connectivity index (χ1n) is 17.3. The van der Waals surface area contributed by atoms with Gasteiger partial charge < -0.3 is 64.7 Å². The van der Waals surface area contributed by atoms with Gasteiger partial charge in [-0.2, -0.15) is 0 Å². The average molecular weight is 742 g/mol. The van der Waals surface area contributed by atoms with Crippen LogP contribution in [0.3, 0.4) is 0 Å².